The Kier molecular flexibility index (Phi) is 2.50. The fourth-order valence-electron chi connectivity index (χ4n) is 2.73. The van der Waals surface area contributed by atoms with Crippen LogP contribution in [0.1, 0.15) is 30.0 Å². The summed E-state index contributed by atoms with van der Waals surface area (Å²) in [6.07, 6.45) is 2.62. The molecule has 5 nitrogen and oxygen atoms in total. The van der Waals surface area contributed by atoms with Gasteiger partial charge in [0.25, 0.3) is 0 Å². The molecule has 0 bridgehead atoms. The van der Waals surface area contributed by atoms with Gasteiger partial charge in [0.05, 0.1) is 17.8 Å². The van der Waals surface area contributed by atoms with Crippen LogP contribution in [0.3, 0.4) is 0 Å². The van der Waals surface area contributed by atoms with Gasteiger partial charge in [-0.2, -0.15) is 5.10 Å². The summed E-state index contributed by atoms with van der Waals surface area (Å²) in [6.45, 7) is 2.86. The number of aromatic nitrogens is 2. The van der Waals surface area contributed by atoms with Crippen LogP contribution >= 0.6 is 0 Å². The first-order chi connectivity index (χ1) is 9.35. The molecule has 100 valence electrons. The van der Waals surface area contributed by atoms with Crippen molar-refractivity contribution in [3.8, 4) is 0 Å². The van der Waals surface area contributed by atoms with Crippen molar-refractivity contribution < 1.29 is 4.74 Å². The Bertz CT molecular complexity index is 611. The quantitative estimate of drug-likeness (QED) is 0.905. The first-order valence-electron chi connectivity index (χ1n) is 6.90. The van der Waals surface area contributed by atoms with E-state index in [0.717, 1.165) is 36.1 Å². The van der Waals surface area contributed by atoms with Crippen molar-refractivity contribution in [2.75, 3.05) is 24.8 Å². The maximum atomic E-state index is 5.71. The fraction of sp³-hybridized carbons (Fsp3) is 0.500. The molecule has 0 unspecified atom stereocenters. The SMILES string of the molecule is NCc1cc2cc(C3CC3)cc(N3CCOC3)n2n1. The molecule has 2 aromatic heterocycles. The molecule has 2 fully saturated rings. The van der Waals surface area contributed by atoms with Crippen LogP contribution in [-0.4, -0.2) is 29.5 Å². The lowest BCUT2D eigenvalue weighted by Crippen LogP contribution is -2.22. The van der Waals surface area contributed by atoms with Gasteiger partial charge in [0.15, 0.2) is 0 Å². The molecule has 1 aliphatic carbocycles. The summed E-state index contributed by atoms with van der Waals surface area (Å²) in [5, 5.41) is 4.59. The lowest BCUT2D eigenvalue weighted by atomic mass is 10.1. The highest BCUT2D eigenvalue weighted by Gasteiger charge is 2.26. The molecule has 0 atom stereocenters. The zero-order chi connectivity index (χ0) is 12.8. The minimum absolute atomic E-state index is 0.483. The summed E-state index contributed by atoms with van der Waals surface area (Å²) in [7, 11) is 0. The number of hydrogen-bond acceptors (Lipinski definition) is 4. The van der Waals surface area contributed by atoms with Crippen molar-refractivity contribution >= 4 is 11.3 Å². The summed E-state index contributed by atoms with van der Waals surface area (Å²) in [5.41, 5.74) is 9.23. The molecule has 4 rings (SSSR count). The van der Waals surface area contributed by atoms with Gasteiger partial charge in [0.2, 0.25) is 0 Å². The standard InChI is InChI=1S/C14H18N4O/c15-8-12-7-13-5-11(10-1-2-10)6-14(18(13)16-12)17-3-4-19-9-17/h5-7,10H,1-4,8-9,15H2. The van der Waals surface area contributed by atoms with Gasteiger partial charge in [-0.3, -0.25) is 0 Å². The number of fused-ring (bicyclic) bond motifs is 1. The summed E-state index contributed by atoms with van der Waals surface area (Å²) in [5.74, 6) is 1.88. The van der Waals surface area contributed by atoms with E-state index in [1.54, 1.807) is 0 Å². The summed E-state index contributed by atoms with van der Waals surface area (Å²) < 4.78 is 7.47. The molecule has 5 heteroatoms. The van der Waals surface area contributed by atoms with Crippen LogP contribution in [0, 0.1) is 0 Å². The number of hydrogen-bond donors (Lipinski definition) is 1. The van der Waals surface area contributed by atoms with E-state index in [1.165, 1.54) is 18.4 Å². The van der Waals surface area contributed by atoms with Gasteiger partial charge in [-0.15, -0.1) is 0 Å². The minimum atomic E-state index is 0.483. The molecular formula is C14H18N4O. The van der Waals surface area contributed by atoms with Crippen molar-refractivity contribution in [2.24, 2.45) is 5.73 Å². The van der Waals surface area contributed by atoms with Gasteiger partial charge >= 0.3 is 0 Å². The Balaban J connectivity index is 1.88. The molecule has 0 aromatic carbocycles. The second kappa shape index (κ2) is 4.21. The van der Waals surface area contributed by atoms with E-state index in [-0.39, 0.29) is 0 Å². The molecule has 2 N–H and O–H groups in total. The van der Waals surface area contributed by atoms with Gasteiger partial charge in [-0.05, 0) is 42.5 Å². The predicted octanol–water partition coefficient (Wildman–Crippen LogP) is 1.46. The summed E-state index contributed by atoms with van der Waals surface area (Å²) in [6, 6.07) is 6.61. The van der Waals surface area contributed by atoms with Crippen molar-refractivity contribution in [3.63, 3.8) is 0 Å². The van der Waals surface area contributed by atoms with Crippen LogP contribution in [0.15, 0.2) is 18.2 Å². The smallest absolute Gasteiger partial charge is 0.132 e. The number of anilines is 1. The van der Waals surface area contributed by atoms with E-state index in [0.29, 0.717) is 13.3 Å². The van der Waals surface area contributed by atoms with Crippen molar-refractivity contribution in [3.05, 3.63) is 29.5 Å². The third-order valence-electron chi connectivity index (χ3n) is 3.95. The first-order valence-corrected chi connectivity index (χ1v) is 6.90. The van der Waals surface area contributed by atoms with Crippen molar-refractivity contribution in [2.45, 2.75) is 25.3 Å². The van der Waals surface area contributed by atoms with Crippen LogP contribution in [0.5, 0.6) is 0 Å². The normalized spacial score (nSPS) is 19.5. The monoisotopic (exact) mass is 258 g/mol. The molecule has 0 radical (unpaired) electrons. The van der Waals surface area contributed by atoms with Gasteiger partial charge < -0.3 is 15.4 Å². The van der Waals surface area contributed by atoms with E-state index in [9.17, 15) is 0 Å². The zero-order valence-corrected chi connectivity index (χ0v) is 10.9. The predicted molar refractivity (Wildman–Crippen MR) is 73.2 cm³/mol. The third kappa shape index (κ3) is 1.89. The van der Waals surface area contributed by atoms with Crippen molar-refractivity contribution in [1.29, 1.82) is 0 Å². The molecular weight excluding hydrogens is 240 g/mol. The lowest BCUT2D eigenvalue weighted by Gasteiger charge is -2.18. The molecule has 0 spiro atoms. The topological polar surface area (TPSA) is 55.8 Å². The average Bonchev–Trinajstić information content (AvgIpc) is 2.99. The molecule has 2 aliphatic rings. The van der Waals surface area contributed by atoms with Gasteiger partial charge in [-0.25, -0.2) is 4.52 Å². The first kappa shape index (κ1) is 11.3. The summed E-state index contributed by atoms with van der Waals surface area (Å²) >= 11 is 0. The number of rotatable bonds is 3. The number of ether oxygens (including phenoxy) is 1. The largest absolute Gasteiger partial charge is 0.359 e. The molecule has 2 aromatic rings. The Morgan fingerprint density at radius 2 is 2.21 bits per heavy atom. The van der Waals surface area contributed by atoms with E-state index < -0.39 is 0 Å². The van der Waals surface area contributed by atoms with Crippen LogP contribution in [0.25, 0.3) is 5.52 Å². The van der Waals surface area contributed by atoms with Crippen LogP contribution in [-0.2, 0) is 11.3 Å². The van der Waals surface area contributed by atoms with E-state index in [2.05, 4.69) is 28.2 Å². The fourth-order valence-corrected chi connectivity index (χ4v) is 2.73. The van der Waals surface area contributed by atoms with E-state index in [1.807, 2.05) is 4.52 Å². The zero-order valence-electron chi connectivity index (χ0n) is 10.9. The number of nitrogens with two attached hydrogens (primary N) is 1. The van der Waals surface area contributed by atoms with Crippen LogP contribution in [0.2, 0.25) is 0 Å². The number of pyridine rings is 1. The van der Waals surface area contributed by atoms with E-state index in [4.69, 9.17) is 10.5 Å². The minimum Gasteiger partial charge on any atom is -0.359 e. The van der Waals surface area contributed by atoms with Gasteiger partial charge in [0.1, 0.15) is 12.5 Å². The highest BCUT2D eigenvalue weighted by Crippen LogP contribution is 2.41. The Morgan fingerprint density at radius 1 is 1.32 bits per heavy atom. The third-order valence-corrected chi connectivity index (χ3v) is 3.95. The second-order valence-electron chi connectivity index (χ2n) is 5.40. The second-order valence-corrected chi connectivity index (χ2v) is 5.40. The molecule has 0 amide bonds. The number of nitrogens with zero attached hydrogens (tertiary/aromatic N) is 3. The molecule has 3 heterocycles. The molecule has 1 saturated heterocycles. The summed E-state index contributed by atoms with van der Waals surface area (Å²) in [4.78, 5) is 2.24. The van der Waals surface area contributed by atoms with Crippen molar-refractivity contribution in [1.82, 2.24) is 9.61 Å². The highest BCUT2D eigenvalue weighted by atomic mass is 16.5. The molecule has 1 saturated carbocycles. The highest BCUT2D eigenvalue weighted by molar-refractivity contribution is 5.59. The molecule has 1 aliphatic heterocycles. The maximum absolute atomic E-state index is 5.71. The van der Waals surface area contributed by atoms with E-state index >= 15 is 0 Å². The maximum Gasteiger partial charge on any atom is 0.132 e. The van der Waals surface area contributed by atoms with Crippen LogP contribution in [0.4, 0.5) is 5.82 Å². The van der Waals surface area contributed by atoms with Gasteiger partial charge in [-0.1, -0.05) is 0 Å². The Labute approximate surface area is 111 Å². The Morgan fingerprint density at radius 3 is 2.89 bits per heavy atom. The average molecular weight is 258 g/mol. The molecule has 19 heavy (non-hydrogen) atoms. The van der Waals surface area contributed by atoms with Crippen LogP contribution < -0.4 is 10.6 Å². The van der Waals surface area contributed by atoms with Gasteiger partial charge in [0, 0.05) is 13.1 Å². The Hall–Kier alpha value is -1.59. The lowest BCUT2D eigenvalue weighted by molar-refractivity contribution is 0.201.